The first-order chi connectivity index (χ1) is 9.60. The number of rotatable bonds is 5. The van der Waals surface area contributed by atoms with Gasteiger partial charge in [-0.1, -0.05) is 51.8 Å². The Kier molecular flexibility index (Phi) is 5.88. The number of hydrogen-bond acceptors (Lipinski definition) is 0. The van der Waals surface area contributed by atoms with Crippen molar-refractivity contribution in [3.8, 4) is 0 Å². The molecular weight excluding hydrogens is 362 g/mol. The van der Waals surface area contributed by atoms with E-state index < -0.39 is 0 Å². The van der Waals surface area contributed by atoms with Crippen molar-refractivity contribution in [2.24, 2.45) is 5.92 Å². The Labute approximate surface area is 137 Å². The lowest BCUT2D eigenvalue weighted by molar-refractivity contribution is 0.546. The van der Waals surface area contributed by atoms with Gasteiger partial charge in [0, 0.05) is 10.4 Å². The van der Waals surface area contributed by atoms with Gasteiger partial charge in [0.15, 0.2) is 0 Å². The topological polar surface area (TPSA) is 0 Å². The minimum atomic E-state index is -0.333. The highest BCUT2D eigenvalue weighted by atomic mass is 79.9. The minimum absolute atomic E-state index is 0.166. The van der Waals surface area contributed by atoms with Crippen molar-refractivity contribution in [2.45, 2.75) is 12.8 Å². The second-order valence-electron chi connectivity index (χ2n) is 4.77. The lowest BCUT2D eigenvalue weighted by Crippen LogP contribution is -2.11. The molecule has 0 amide bonds. The Morgan fingerprint density at radius 1 is 1.05 bits per heavy atom. The van der Waals surface area contributed by atoms with E-state index in [0.29, 0.717) is 17.9 Å². The monoisotopic (exact) mass is 374 g/mol. The van der Waals surface area contributed by atoms with Crippen LogP contribution in [-0.2, 0) is 12.8 Å². The molecule has 106 valence electrons. The molecule has 2 aromatic carbocycles. The van der Waals surface area contributed by atoms with E-state index in [1.807, 2.05) is 12.1 Å². The molecule has 0 radical (unpaired) electrons. The van der Waals surface area contributed by atoms with E-state index in [-0.39, 0.29) is 16.8 Å². The van der Waals surface area contributed by atoms with Gasteiger partial charge in [0.2, 0.25) is 0 Å². The largest absolute Gasteiger partial charge is 0.205 e. The van der Waals surface area contributed by atoms with Crippen LogP contribution in [0.5, 0.6) is 0 Å². The summed E-state index contributed by atoms with van der Waals surface area (Å²) in [7, 11) is 0. The van der Waals surface area contributed by atoms with Crippen molar-refractivity contribution in [1.82, 2.24) is 0 Å². The van der Waals surface area contributed by atoms with Crippen LogP contribution in [0.25, 0.3) is 0 Å². The molecule has 0 aromatic heterocycles. The summed E-state index contributed by atoms with van der Waals surface area (Å²) < 4.78 is 15.0. The summed E-state index contributed by atoms with van der Waals surface area (Å²) in [6.45, 7) is 0. The zero-order valence-electron chi connectivity index (χ0n) is 10.8. The summed E-state index contributed by atoms with van der Waals surface area (Å²) in [5.41, 5.74) is 1.82. The Morgan fingerprint density at radius 2 is 1.75 bits per heavy atom. The smallest absolute Gasteiger partial charge is 0.144 e. The molecule has 0 saturated carbocycles. The molecule has 0 saturated heterocycles. The van der Waals surface area contributed by atoms with Gasteiger partial charge in [-0.2, -0.15) is 0 Å². The Balaban J connectivity index is 2.09. The van der Waals surface area contributed by atoms with Crippen LogP contribution >= 0.6 is 39.1 Å². The number of hydrogen-bond donors (Lipinski definition) is 0. The molecule has 1 atom stereocenters. The predicted octanol–water partition coefficient (Wildman–Crippen LogP) is 5.88. The van der Waals surface area contributed by atoms with Gasteiger partial charge >= 0.3 is 0 Å². The standard InChI is InChI=1S/C16H14BrCl2F/c17-14-6-4-11(5-7-14)8-12(10-18)9-13-2-1-3-15(19)16(13)20/h1-7,12H,8-10H2. The SMILES string of the molecule is Fc1c(Cl)cccc1CC(CCl)Cc1ccc(Br)cc1. The van der Waals surface area contributed by atoms with Crippen LogP contribution in [0, 0.1) is 11.7 Å². The van der Waals surface area contributed by atoms with Crippen molar-refractivity contribution in [1.29, 1.82) is 0 Å². The molecule has 2 aromatic rings. The molecule has 0 nitrogen and oxygen atoms in total. The maximum absolute atomic E-state index is 13.9. The fourth-order valence-corrected chi connectivity index (χ4v) is 2.83. The number of halogens is 4. The first kappa shape index (κ1) is 15.8. The number of benzene rings is 2. The molecule has 0 heterocycles. The van der Waals surface area contributed by atoms with Crippen LogP contribution in [0.1, 0.15) is 11.1 Å². The normalized spacial score (nSPS) is 12.4. The quantitative estimate of drug-likeness (QED) is 0.572. The molecular formula is C16H14BrCl2F. The lowest BCUT2D eigenvalue weighted by Gasteiger charge is -2.15. The van der Waals surface area contributed by atoms with Gasteiger partial charge in [0.25, 0.3) is 0 Å². The van der Waals surface area contributed by atoms with Gasteiger partial charge in [0.1, 0.15) is 5.82 Å². The zero-order valence-corrected chi connectivity index (χ0v) is 13.8. The van der Waals surface area contributed by atoms with Crippen LogP contribution in [-0.4, -0.2) is 5.88 Å². The lowest BCUT2D eigenvalue weighted by atomic mass is 9.94. The Bertz CT molecular complexity index is 569. The highest BCUT2D eigenvalue weighted by molar-refractivity contribution is 9.10. The third-order valence-electron chi connectivity index (χ3n) is 3.20. The fourth-order valence-electron chi connectivity index (χ4n) is 2.15. The molecule has 2 rings (SSSR count). The Hall–Kier alpha value is -0.570. The zero-order chi connectivity index (χ0) is 14.5. The van der Waals surface area contributed by atoms with Gasteiger partial charge in [-0.25, -0.2) is 4.39 Å². The third kappa shape index (κ3) is 4.21. The predicted molar refractivity (Wildman–Crippen MR) is 87.2 cm³/mol. The highest BCUT2D eigenvalue weighted by Crippen LogP contribution is 2.23. The molecule has 0 aliphatic rings. The fraction of sp³-hybridized carbons (Fsp3) is 0.250. The summed E-state index contributed by atoms with van der Waals surface area (Å²) in [5.74, 6) is 0.341. The van der Waals surface area contributed by atoms with E-state index in [0.717, 1.165) is 10.9 Å². The molecule has 0 aliphatic heterocycles. The van der Waals surface area contributed by atoms with Gasteiger partial charge < -0.3 is 0 Å². The van der Waals surface area contributed by atoms with Crippen LogP contribution in [0.4, 0.5) is 4.39 Å². The Morgan fingerprint density at radius 3 is 2.40 bits per heavy atom. The van der Waals surface area contributed by atoms with Crippen molar-refractivity contribution in [3.05, 3.63) is 68.9 Å². The minimum Gasteiger partial charge on any atom is -0.205 e. The summed E-state index contributed by atoms with van der Waals surface area (Å²) in [6.07, 6.45) is 1.41. The second kappa shape index (κ2) is 7.44. The second-order valence-corrected chi connectivity index (χ2v) is 6.40. The third-order valence-corrected chi connectivity index (χ3v) is 4.45. The van der Waals surface area contributed by atoms with Crippen LogP contribution in [0.3, 0.4) is 0 Å². The average molecular weight is 376 g/mol. The van der Waals surface area contributed by atoms with Crippen LogP contribution in [0.15, 0.2) is 46.9 Å². The molecule has 0 fully saturated rings. The van der Waals surface area contributed by atoms with Crippen molar-refractivity contribution < 1.29 is 4.39 Å². The maximum atomic E-state index is 13.9. The molecule has 0 aliphatic carbocycles. The van der Waals surface area contributed by atoms with E-state index in [2.05, 4.69) is 28.1 Å². The van der Waals surface area contributed by atoms with Gasteiger partial charge in [-0.15, -0.1) is 11.6 Å². The van der Waals surface area contributed by atoms with Gasteiger partial charge in [0.05, 0.1) is 5.02 Å². The molecule has 0 N–H and O–H groups in total. The van der Waals surface area contributed by atoms with Crippen LogP contribution in [0.2, 0.25) is 5.02 Å². The molecule has 0 spiro atoms. The van der Waals surface area contributed by atoms with E-state index in [1.165, 1.54) is 5.56 Å². The first-order valence-electron chi connectivity index (χ1n) is 6.33. The molecule has 0 bridgehead atoms. The van der Waals surface area contributed by atoms with Crippen molar-refractivity contribution in [3.63, 3.8) is 0 Å². The average Bonchev–Trinajstić information content (AvgIpc) is 2.45. The molecule has 4 heteroatoms. The first-order valence-corrected chi connectivity index (χ1v) is 8.04. The molecule has 20 heavy (non-hydrogen) atoms. The summed E-state index contributed by atoms with van der Waals surface area (Å²) >= 11 is 15.2. The maximum Gasteiger partial charge on any atom is 0.144 e. The van der Waals surface area contributed by atoms with E-state index >= 15 is 0 Å². The summed E-state index contributed by atoms with van der Waals surface area (Å²) in [5, 5.41) is 0.166. The van der Waals surface area contributed by atoms with E-state index in [9.17, 15) is 4.39 Å². The van der Waals surface area contributed by atoms with Crippen LogP contribution < -0.4 is 0 Å². The van der Waals surface area contributed by atoms with Crippen molar-refractivity contribution in [2.75, 3.05) is 5.88 Å². The number of alkyl halides is 1. The van der Waals surface area contributed by atoms with E-state index in [4.69, 9.17) is 23.2 Å². The summed E-state index contributed by atoms with van der Waals surface area (Å²) in [6, 6.07) is 13.2. The van der Waals surface area contributed by atoms with Gasteiger partial charge in [-0.05, 0) is 48.1 Å². The summed E-state index contributed by atoms with van der Waals surface area (Å²) in [4.78, 5) is 0. The van der Waals surface area contributed by atoms with Gasteiger partial charge in [-0.3, -0.25) is 0 Å². The van der Waals surface area contributed by atoms with E-state index in [1.54, 1.807) is 18.2 Å². The highest BCUT2D eigenvalue weighted by Gasteiger charge is 2.14. The molecule has 1 unspecified atom stereocenters. The van der Waals surface area contributed by atoms with Crippen molar-refractivity contribution >= 4 is 39.1 Å².